The van der Waals surface area contributed by atoms with E-state index in [1.165, 1.54) is 270 Å². The molecule has 0 aromatic heterocycles. The molecule has 0 spiro atoms. The molecule has 0 saturated heterocycles. The smallest absolute Gasteiger partial charge is 0.462 e. The molecule has 0 aliphatic carbocycles. The Morgan fingerprint density at radius 3 is 0.590 bits per heavy atom. The van der Waals surface area contributed by atoms with E-state index < -0.39 is 97.5 Å². The van der Waals surface area contributed by atoms with Gasteiger partial charge in [-0.2, -0.15) is 0 Å². The number of carbonyl (C=O) groups is 4. The zero-order valence-corrected chi connectivity index (χ0v) is 67.0. The van der Waals surface area contributed by atoms with Gasteiger partial charge in [0.05, 0.1) is 26.4 Å². The number of esters is 4. The summed E-state index contributed by atoms with van der Waals surface area (Å²) in [6.07, 6.45) is 68.1. The maximum absolute atomic E-state index is 13.1. The lowest BCUT2D eigenvalue weighted by Crippen LogP contribution is -2.30. The first-order valence-electron chi connectivity index (χ1n) is 42.3. The van der Waals surface area contributed by atoms with E-state index >= 15 is 0 Å². The van der Waals surface area contributed by atoms with Crippen LogP contribution in [0.15, 0.2) is 0 Å². The highest BCUT2D eigenvalue weighted by molar-refractivity contribution is 7.47. The first-order chi connectivity index (χ1) is 48.7. The molecular formula is C81H158O17P2. The van der Waals surface area contributed by atoms with Gasteiger partial charge >= 0.3 is 39.5 Å². The van der Waals surface area contributed by atoms with Crippen LogP contribution in [-0.4, -0.2) is 96.7 Å². The molecule has 0 radical (unpaired) electrons. The first-order valence-corrected chi connectivity index (χ1v) is 45.3. The van der Waals surface area contributed by atoms with Crippen LogP contribution in [0.5, 0.6) is 0 Å². The molecule has 0 aromatic rings. The second-order valence-electron chi connectivity index (χ2n) is 29.2. The van der Waals surface area contributed by atoms with Gasteiger partial charge in [0.15, 0.2) is 12.2 Å². The maximum Gasteiger partial charge on any atom is 0.472 e. The summed E-state index contributed by atoms with van der Waals surface area (Å²) in [7, 11) is -9.91. The van der Waals surface area contributed by atoms with Gasteiger partial charge in [-0.05, 0) is 25.7 Å². The Balaban J connectivity index is 5.20. The van der Waals surface area contributed by atoms with E-state index in [9.17, 15) is 43.2 Å². The predicted octanol–water partition coefficient (Wildman–Crippen LogP) is 24.6. The molecule has 0 saturated carbocycles. The number of hydrogen-bond acceptors (Lipinski definition) is 15. The summed E-state index contributed by atoms with van der Waals surface area (Å²) in [5, 5.41) is 10.6. The van der Waals surface area contributed by atoms with Crippen molar-refractivity contribution in [3.05, 3.63) is 0 Å². The Hall–Kier alpha value is -1.94. The Morgan fingerprint density at radius 1 is 0.240 bits per heavy atom. The van der Waals surface area contributed by atoms with Crippen LogP contribution in [0.4, 0.5) is 0 Å². The largest absolute Gasteiger partial charge is 0.472 e. The zero-order valence-electron chi connectivity index (χ0n) is 65.2. The highest BCUT2D eigenvalue weighted by Gasteiger charge is 2.30. The molecule has 0 aromatic carbocycles. The lowest BCUT2D eigenvalue weighted by atomic mass is 10.0. The fourth-order valence-corrected chi connectivity index (χ4v) is 14.2. The van der Waals surface area contributed by atoms with Gasteiger partial charge in [0.1, 0.15) is 19.3 Å². The average Bonchev–Trinajstić information content (AvgIpc) is 1.04. The van der Waals surface area contributed by atoms with Gasteiger partial charge in [-0.25, -0.2) is 9.13 Å². The number of hydrogen-bond donors (Lipinski definition) is 3. The summed E-state index contributed by atoms with van der Waals surface area (Å²) in [5.41, 5.74) is 0. The third kappa shape index (κ3) is 74.3. The van der Waals surface area contributed by atoms with Crippen molar-refractivity contribution < 1.29 is 80.2 Å². The van der Waals surface area contributed by atoms with Crippen LogP contribution in [0.3, 0.4) is 0 Å². The van der Waals surface area contributed by atoms with Crippen LogP contribution in [0.25, 0.3) is 0 Å². The van der Waals surface area contributed by atoms with Crippen molar-refractivity contribution in [1.29, 1.82) is 0 Å². The maximum atomic E-state index is 13.1. The summed E-state index contributed by atoms with van der Waals surface area (Å²) >= 11 is 0. The normalized spacial score (nSPS) is 13.8. The summed E-state index contributed by atoms with van der Waals surface area (Å²) in [5.74, 6) is -2.11. The summed E-state index contributed by atoms with van der Waals surface area (Å²) in [6, 6.07) is 0. The number of rotatable bonds is 82. The average molecular weight is 1470 g/mol. The zero-order chi connectivity index (χ0) is 73.2. The van der Waals surface area contributed by atoms with Gasteiger partial charge in [0.25, 0.3) is 0 Å². The minimum Gasteiger partial charge on any atom is -0.462 e. The minimum atomic E-state index is -4.96. The van der Waals surface area contributed by atoms with Gasteiger partial charge in [-0.3, -0.25) is 37.3 Å². The Morgan fingerprint density at radius 2 is 0.400 bits per heavy atom. The highest BCUT2D eigenvalue weighted by Crippen LogP contribution is 2.45. The third-order valence-electron chi connectivity index (χ3n) is 19.1. The molecule has 0 fully saturated rings. The van der Waals surface area contributed by atoms with Crippen molar-refractivity contribution >= 4 is 39.5 Å². The molecule has 0 heterocycles. The fraction of sp³-hybridized carbons (Fsp3) is 0.951. The molecule has 0 amide bonds. The predicted molar refractivity (Wildman–Crippen MR) is 409 cm³/mol. The number of carbonyl (C=O) groups excluding carboxylic acids is 4. The third-order valence-corrected chi connectivity index (χ3v) is 21.0. The van der Waals surface area contributed by atoms with E-state index in [2.05, 4.69) is 27.7 Å². The van der Waals surface area contributed by atoms with Crippen molar-refractivity contribution in [3.8, 4) is 0 Å². The SMILES string of the molecule is CCCCCCCCCCCCCCCCCCCCCCC(=O)O[C@H](COC(=O)CCCCCCCCCCCCCCCCCCCCC)COP(=O)(O)OC[C@@H](O)COP(=O)(O)OC[C@@H](COC(=O)CCCCCCCCCCCC)OC(=O)CCCCCCCCCCCCC. The van der Waals surface area contributed by atoms with E-state index in [1.54, 1.807) is 0 Å². The van der Waals surface area contributed by atoms with E-state index in [0.717, 1.165) is 89.9 Å². The fourth-order valence-electron chi connectivity index (χ4n) is 12.6. The van der Waals surface area contributed by atoms with Gasteiger partial charge in [0, 0.05) is 25.7 Å². The van der Waals surface area contributed by atoms with Gasteiger partial charge < -0.3 is 33.8 Å². The van der Waals surface area contributed by atoms with Crippen LogP contribution in [0.1, 0.15) is 439 Å². The van der Waals surface area contributed by atoms with Gasteiger partial charge in [-0.1, -0.05) is 387 Å². The van der Waals surface area contributed by atoms with Gasteiger partial charge in [-0.15, -0.1) is 0 Å². The van der Waals surface area contributed by atoms with Crippen molar-refractivity contribution in [2.45, 2.75) is 457 Å². The molecule has 0 bridgehead atoms. The second kappa shape index (κ2) is 75.3. The standard InChI is InChI=1S/C81H158O17P2/c1-5-9-13-17-21-25-29-31-33-35-37-39-41-43-45-48-52-56-60-64-68-81(86)98-77(72-92-79(84)66-62-58-54-50-47-44-42-40-38-36-34-32-30-26-22-18-14-10-6-2)74-96-100(89,90)94-70-75(82)69-93-99(87,88)95-73-76(71-91-78(83)65-61-57-53-49-28-24-20-16-12-8-4)97-80(85)67-63-59-55-51-46-27-23-19-15-11-7-3/h75-77,82H,5-74H2,1-4H3,(H,87,88)(H,89,90)/t75-,76+,77+/m0/s1. The number of phosphoric ester groups is 2. The van der Waals surface area contributed by atoms with E-state index in [4.69, 9.17) is 37.0 Å². The van der Waals surface area contributed by atoms with Crippen LogP contribution in [0, 0.1) is 0 Å². The van der Waals surface area contributed by atoms with Crippen molar-refractivity contribution in [2.24, 2.45) is 0 Å². The number of phosphoric acid groups is 2. The minimum absolute atomic E-state index is 0.108. The summed E-state index contributed by atoms with van der Waals surface area (Å²) < 4.78 is 68.7. The van der Waals surface area contributed by atoms with E-state index in [0.29, 0.717) is 25.7 Å². The number of unbranched alkanes of at least 4 members (excludes halogenated alkanes) is 56. The Labute approximate surface area is 613 Å². The lowest BCUT2D eigenvalue weighted by Gasteiger charge is -2.21. The molecule has 0 aliphatic heterocycles. The van der Waals surface area contributed by atoms with Crippen molar-refractivity contribution in [2.75, 3.05) is 39.6 Å². The molecule has 17 nitrogen and oxygen atoms in total. The summed E-state index contributed by atoms with van der Waals surface area (Å²) in [4.78, 5) is 72.9. The first kappa shape index (κ1) is 98.1. The molecule has 594 valence electrons. The molecule has 5 atom stereocenters. The molecule has 100 heavy (non-hydrogen) atoms. The van der Waals surface area contributed by atoms with E-state index in [-0.39, 0.29) is 25.7 Å². The highest BCUT2D eigenvalue weighted by atomic mass is 31.2. The lowest BCUT2D eigenvalue weighted by molar-refractivity contribution is -0.161. The number of aliphatic hydroxyl groups excluding tert-OH is 1. The van der Waals surface area contributed by atoms with Crippen LogP contribution >= 0.6 is 15.6 Å². The molecule has 2 unspecified atom stereocenters. The van der Waals surface area contributed by atoms with Crippen LogP contribution in [0.2, 0.25) is 0 Å². The molecular weight excluding hydrogens is 1310 g/mol. The molecule has 19 heteroatoms. The van der Waals surface area contributed by atoms with Crippen LogP contribution in [-0.2, 0) is 65.4 Å². The Bertz CT molecular complexity index is 1890. The Kier molecular flexibility index (Phi) is 73.8. The van der Waals surface area contributed by atoms with Crippen LogP contribution < -0.4 is 0 Å². The molecule has 0 rings (SSSR count). The number of aliphatic hydroxyl groups is 1. The quantitative estimate of drug-likeness (QED) is 0.0222. The molecule has 3 N–H and O–H groups in total. The monoisotopic (exact) mass is 1470 g/mol. The van der Waals surface area contributed by atoms with E-state index in [1.807, 2.05) is 0 Å². The van der Waals surface area contributed by atoms with Crippen molar-refractivity contribution in [3.63, 3.8) is 0 Å². The number of ether oxygens (including phenoxy) is 4. The molecule has 0 aliphatic rings. The second-order valence-corrected chi connectivity index (χ2v) is 32.1. The summed E-state index contributed by atoms with van der Waals surface area (Å²) in [6.45, 7) is 5.01. The van der Waals surface area contributed by atoms with Gasteiger partial charge in [0.2, 0.25) is 0 Å². The topological polar surface area (TPSA) is 237 Å². The van der Waals surface area contributed by atoms with Crippen molar-refractivity contribution in [1.82, 2.24) is 0 Å².